The summed E-state index contributed by atoms with van der Waals surface area (Å²) < 4.78 is 5.42. The molecule has 5 heteroatoms. The summed E-state index contributed by atoms with van der Waals surface area (Å²) in [7, 11) is 1.49. The highest BCUT2D eigenvalue weighted by Gasteiger charge is 2.34. The summed E-state index contributed by atoms with van der Waals surface area (Å²) in [6, 6.07) is 9.67. The van der Waals surface area contributed by atoms with E-state index in [4.69, 9.17) is 9.84 Å². The molecule has 0 bridgehead atoms. The molecule has 0 atom stereocenters. The van der Waals surface area contributed by atoms with Crippen molar-refractivity contribution in [3.63, 3.8) is 0 Å². The number of carbonyl (C=O) groups excluding carboxylic acids is 1. The molecule has 1 rings (SSSR count). The van der Waals surface area contributed by atoms with Crippen molar-refractivity contribution in [2.45, 2.75) is 32.4 Å². The Morgan fingerprint density at radius 3 is 2.40 bits per heavy atom. The molecule has 20 heavy (non-hydrogen) atoms. The number of hydrogen-bond acceptors (Lipinski definition) is 3. The minimum absolute atomic E-state index is 0.167. The van der Waals surface area contributed by atoms with Gasteiger partial charge in [-0.1, -0.05) is 30.3 Å². The van der Waals surface area contributed by atoms with Crippen molar-refractivity contribution >= 4 is 11.9 Å². The predicted octanol–water partition coefficient (Wildman–Crippen LogP) is 1.91. The highest BCUT2D eigenvalue weighted by atomic mass is 16.5. The van der Waals surface area contributed by atoms with Gasteiger partial charge in [0.1, 0.15) is 5.54 Å². The topological polar surface area (TPSA) is 66.8 Å². The van der Waals surface area contributed by atoms with Crippen molar-refractivity contribution in [2.24, 2.45) is 0 Å². The Bertz CT molecular complexity index is 456. The summed E-state index contributed by atoms with van der Waals surface area (Å²) in [4.78, 5) is 24.2. The second-order valence-electron chi connectivity index (χ2n) is 5.11. The van der Waals surface area contributed by atoms with E-state index in [0.717, 1.165) is 5.56 Å². The Kier molecular flexibility index (Phi) is 5.70. The first-order valence-electron chi connectivity index (χ1n) is 6.47. The fourth-order valence-electron chi connectivity index (χ4n) is 1.55. The molecule has 1 aromatic rings. The molecule has 0 heterocycles. The van der Waals surface area contributed by atoms with Crippen LogP contribution in [0.1, 0.15) is 25.8 Å². The molecule has 0 unspecified atom stereocenters. The zero-order chi connectivity index (χ0) is 15.2. The van der Waals surface area contributed by atoms with Crippen molar-refractivity contribution in [3.8, 4) is 0 Å². The maximum Gasteiger partial charge on any atom is 0.329 e. The average Bonchev–Trinajstić information content (AvgIpc) is 2.43. The van der Waals surface area contributed by atoms with Crippen LogP contribution in [0.4, 0.5) is 0 Å². The molecule has 1 aromatic carbocycles. The Morgan fingerprint density at radius 1 is 1.25 bits per heavy atom. The van der Waals surface area contributed by atoms with E-state index in [2.05, 4.69) is 0 Å². The van der Waals surface area contributed by atoms with Gasteiger partial charge in [0.25, 0.3) is 0 Å². The van der Waals surface area contributed by atoms with Crippen LogP contribution in [0.5, 0.6) is 0 Å². The molecule has 110 valence electrons. The van der Waals surface area contributed by atoms with E-state index in [0.29, 0.717) is 6.61 Å². The lowest BCUT2D eigenvalue weighted by atomic mass is 10.0. The molecule has 1 N–H and O–H groups in total. The normalized spacial score (nSPS) is 11.2. The third-order valence-electron chi connectivity index (χ3n) is 3.31. The zero-order valence-corrected chi connectivity index (χ0v) is 12.1. The van der Waals surface area contributed by atoms with Crippen LogP contribution in [-0.4, -0.2) is 41.1 Å². The molecule has 5 nitrogen and oxygen atoms in total. The third-order valence-corrected chi connectivity index (χ3v) is 3.31. The van der Waals surface area contributed by atoms with Crippen LogP contribution >= 0.6 is 0 Å². The second kappa shape index (κ2) is 7.05. The number of carbonyl (C=O) groups is 2. The third kappa shape index (κ3) is 4.35. The first-order valence-corrected chi connectivity index (χ1v) is 6.47. The molecule has 0 spiro atoms. The van der Waals surface area contributed by atoms with Crippen LogP contribution in [-0.2, 0) is 20.9 Å². The van der Waals surface area contributed by atoms with Crippen LogP contribution in [0.15, 0.2) is 30.3 Å². The summed E-state index contributed by atoms with van der Waals surface area (Å²) in [5.41, 5.74) is -0.171. The van der Waals surface area contributed by atoms with Crippen LogP contribution < -0.4 is 0 Å². The SMILES string of the molecule is CN(C(=O)CCOCc1ccccc1)C(C)(C)C(=O)O. The van der Waals surface area contributed by atoms with Crippen LogP contribution in [0, 0.1) is 0 Å². The van der Waals surface area contributed by atoms with Gasteiger partial charge in [-0.2, -0.15) is 0 Å². The predicted molar refractivity (Wildman–Crippen MR) is 75.2 cm³/mol. The standard InChI is InChI=1S/C15H21NO4/c1-15(2,14(18)19)16(3)13(17)9-10-20-11-12-7-5-4-6-8-12/h4-8H,9-11H2,1-3H3,(H,18,19). The summed E-state index contributed by atoms with van der Waals surface area (Å²) in [6.07, 6.45) is 0.167. The molecule has 0 aliphatic rings. The summed E-state index contributed by atoms with van der Waals surface area (Å²) in [5.74, 6) is -1.27. The summed E-state index contributed by atoms with van der Waals surface area (Å²) in [5, 5.41) is 9.06. The number of likely N-dealkylation sites (N-methyl/N-ethyl adjacent to an activating group) is 1. The van der Waals surface area contributed by atoms with Crippen molar-refractivity contribution in [1.29, 1.82) is 0 Å². The number of nitrogens with zero attached hydrogens (tertiary/aromatic N) is 1. The average molecular weight is 279 g/mol. The Hall–Kier alpha value is -1.88. The first-order chi connectivity index (χ1) is 9.35. The smallest absolute Gasteiger partial charge is 0.329 e. The molecule has 0 aliphatic carbocycles. The van der Waals surface area contributed by atoms with Crippen molar-refractivity contribution in [1.82, 2.24) is 4.90 Å². The van der Waals surface area contributed by atoms with Gasteiger partial charge in [-0.3, -0.25) is 4.79 Å². The minimum atomic E-state index is -1.21. The van der Waals surface area contributed by atoms with Gasteiger partial charge in [-0.25, -0.2) is 4.79 Å². The lowest BCUT2D eigenvalue weighted by Crippen LogP contribution is -2.50. The molecular weight excluding hydrogens is 258 g/mol. The van der Waals surface area contributed by atoms with Crippen LogP contribution in [0.3, 0.4) is 0 Å². The number of carboxylic acids is 1. The van der Waals surface area contributed by atoms with Gasteiger partial charge >= 0.3 is 5.97 Å². The van der Waals surface area contributed by atoms with Gasteiger partial charge in [0.05, 0.1) is 19.6 Å². The number of amides is 1. The highest BCUT2D eigenvalue weighted by Crippen LogP contribution is 2.13. The van der Waals surface area contributed by atoms with Crippen LogP contribution in [0.2, 0.25) is 0 Å². The lowest BCUT2D eigenvalue weighted by Gasteiger charge is -2.31. The van der Waals surface area contributed by atoms with E-state index in [9.17, 15) is 9.59 Å². The second-order valence-corrected chi connectivity index (χ2v) is 5.11. The molecular formula is C15H21NO4. The van der Waals surface area contributed by atoms with E-state index >= 15 is 0 Å². The monoisotopic (exact) mass is 279 g/mol. The number of aliphatic carboxylic acids is 1. The zero-order valence-electron chi connectivity index (χ0n) is 12.1. The maximum atomic E-state index is 11.9. The van der Waals surface area contributed by atoms with E-state index in [1.165, 1.54) is 25.8 Å². The number of rotatable bonds is 7. The number of hydrogen-bond donors (Lipinski definition) is 1. The summed E-state index contributed by atoms with van der Waals surface area (Å²) in [6.45, 7) is 3.71. The van der Waals surface area contributed by atoms with Crippen molar-refractivity contribution in [3.05, 3.63) is 35.9 Å². The fraction of sp³-hybridized carbons (Fsp3) is 0.467. The Morgan fingerprint density at radius 2 is 1.85 bits per heavy atom. The molecule has 1 amide bonds. The van der Waals surface area contributed by atoms with Gasteiger partial charge < -0.3 is 14.7 Å². The first kappa shape index (κ1) is 16.2. The number of benzene rings is 1. The van der Waals surface area contributed by atoms with E-state index < -0.39 is 11.5 Å². The van der Waals surface area contributed by atoms with Crippen LogP contribution in [0.25, 0.3) is 0 Å². The Labute approximate surface area is 119 Å². The summed E-state index contributed by atoms with van der Waals surface area (Å²) >= 11 is 0. The van der Waals surface area contributed by atoms with Gasteiger partial charge in [0, 0.05) is 7.05 Å². The van der Waals surface area contributed by atoms with Gasteiger partial charge in [0.2, 0.25) is 5.91 Å². The van der Waals surface area contributed by atoms with Crippen molar-refractivity contribution in [2.75, 3.05) is 13.7 Å². The molecule has 0 radical (unpaired) electrons. The van der Waals surface area contributed by atoms with E-state index in [1.807, 2.05) is 30.3 Å². The molecule has 0 saturated carbocycles. The van der Waals surface area contributed by atoms with Gasteiger partial charge in [-0.05, 0) is 19.4 Å². The molecule has 0 aromatic heterocycles. The molecule has 0 fully saturated rings. The fourth-order valence-corrected chi connectivity index (χ4v) is 1.55. The maximum absolute atomic E-state index is 11.9. The number of carboxylic acid groups (broad SMARTS) is 1. The van der Waals surface area contributed by atoms with E-state index in [1.54, 1.807) is 0 Å². The molecule has 0 aliphatic heterocycles. The minimum Gasteiger partial charge on any atom is -0.480 e. The lowest BCUT2D eigenvalue weighted by molar-refractivity contribution is -0.155. The quantitative estimate of drug-likeness (QED) is 0.774. The van der Waals surface area contributed by atoms with Gasteiger partial charge in [-0.15, -0.1) is 0 Å². The highest BCUT2D eigenvalue weighted by molar-refractivity contribution is 5.86. The number of ether oxygens (including phenoxy) is 1. The van der Waals surface area contributed by atoms with Crippen molar-refractivity contribution < 1.29 is 19.4 Å². The molecule has 0 saturated heterocycles. The van der Waals surface area contributed by atoms with Gasteiger partial charge in [0.15, 0.2) is 0 Å². The van der Waals surface area contributed by atoms with E-state index in [-0.39, 0.29) is 18.9 Å². The Balaban J connectivity index is 2.35. The largest absolute Gasteiger partial charge is 0.480 e.